The number of ether oxygens (including phenoxy) is 2. The molecular weight excluding hydrogens is 322 g/mol. The number of amides is 1. The summed E-state index contributed by atoms with van der Waals surface area (Å²) >= 11 is 0. The van der Waals surface area contributed by atoms with Gasteiger partial charge in [0.2, 0.25) is 11.7 Å². The van der Waals surface area contributed by atoms with Crippen molar-refractivity contribution in [2.45, 2.75) is 31.4 Å². The molecule has 7 nitrogen and oxygen atoms in total. The molecule has 132 valence electrons. The van der Waals surface area contributed by atoms with Crippen molar-refractivity contribution >= 4 is 5.91 Å². The lowest BCUT2D eigenvalue weighted by Gasteiger charge is -2.36. The van der Waals surface area contributed by atoms with Gasteiger partial charge in [-0.2, -0.15) is 4.98 Å². The molecule has 0 radical (unpaired) electrons. The molecule has 0 bridgehead atoms. The highest BCUT2D eigenvalue weighted by Gasteiger charge is 2.36. The molecule has 2 aromatic rings. The molecule has 2 atom stereocenters. The van der Waals surface area contributed by atoms with Crippen LogP contribution in [0.3, 0.4) is 0 Å². The Bertz CT molecular complexity index is 712. The van der Waals surface area contributed by atoms with E-state index in [2.05, 4.69) is 10.1 Å². The third-order valence-electron chi connectivity index (χ3n) is 4.64. The lowest BCUT2D eigenvalue weighted by Crippen LogP contribution is -2.48. The van der Waals surface area contributed by atoms with Gasteiger partial charge in [-0.25, -0.2) is 0 Å². The van der Waals surface area contributed by atoms with Gasteiger partial charge in [0.15, 0.2) is 6.10 Å². The predicted octanol–water partition coefficient (Wildman–Crippen LogP) is 2.21. The third kappa shape index (κ3) is 3.43. The van der Waals surface area contributed by atoms with Gasteiger partial charge in [0, 0.05) is 12.1 Å². The predicted molar refractivity (Wildman–Crippen MR) is 88.6 cm³/mol. The van der Waals surface area contributed by atoms with Crippen LogP contribution in [0.25, 0.3) is 11.4 Å². The molecule has 2 fully saturated rings. The van der Waals surface area contributed by atoms with E-state index in [-0.39, 0.29) is 11.9 Å². The van der Waals surface area contributed by atoms with E-state index in [1.165, 1.54) is 0 Å². The zero-order valence-electron chi connectivity index (χ0n) is 14.0. The van der Waals surface area contributed by atoms with Crippen LogP contribution < -0.4 is 0 Å². The molecule has 0 N–H and O–H groups in total. The monoisotopic (exact) mass is 343 g/mol. The molecule has 1 amide bonds. The normalized spacial score (nSPS) is 24.2. The van der Waals surface area contributed by atoms with Crippen LogP contribution in [0.15, 0.2) is 34.9 Å². The number of aromatic nitrogens is 2. The van der Waals surface area contributed by atoms with Gasteiger partial charge in [-0.15, -0.1) is 0 Å². The van der Waals surface area contributed by atoms with E-state index in [1.807, 2.05) is 35.2 Å². The molecule has 0 aliphatic carbocycles. The van der Waals surface area contributed by atoms with Gasteiger partial charge in [0.25, 0.3) is 5.91 Å². The number of piperidine rings is 1. The molecule has 2 aliphatic heterocycles. The van der Waals surface area contributed by atoms with Crippen LogP contribution in [-0.4, -0.2) is 53.4 Å². The molecule has 7 heteroatoms. The summed E-state index contributed by atoms with van der Waals surface area (Å²) in [5, 5.41) is 4.09. The Morgan fingerprint density at radius 1 is 1.16 bits per heavy atom. The maximum absolute atomic E-state index is 12.8. The molecule has 2 aliphatic rings. The van der Waals surface area contributed by atoms with Gasteiger partial charge in [0.05, 0.1) is 19.8 Å². The van der Waals surface area contributed by atoms with Gasteiger partial charge in [0.1, 0.15) is 6.04 Å². The minimum absolute atomic E-state index is 0.0520. The second kappa shape index (κ2) is 7.33. The number of carbonyl (C=O) groups is 1. The minimum atomic E-state index is -0.536. The lowest BCUT2D eigenvalue weighted by molar-refractivity contribution is -0.162. The molecule has 0 spiro atoms. The van der Waals surface area contributed by atoms with Crippen molar-refractivity contribution in [2.75, 3.05) is 26.4 Å². The Balaban J connectivity index is 1.55. The van der Waals surface area contributed by atoms with Crippen LogP contribution in [-0.2, 0) is 14.3 Å². The number of hydrogen-bond acceptors (Lipinski definition) is 6. The molecular formula is C18H21N3O4. The molecule has 0 unspecified atom stereocenters. The molecule has 25 heavy (non-hydrogen) atoms. The maximum Gasteiger partial charge on any atom is 0.254 e. The Hall–Kier alpha value is -2.25. The Labute approximate surface area is 145 Å². The Morgan fingerprint density at radius 3 is 2.84 bits per heavy atom. The van der Waals surface area contributed by atoms with E-state index in [4.69, 9.17) is 14.0 Å². The first-order valence-corrected chi connectivity index (χ1v) is 8.72. The average Bonchev–Trinajstić information content (AvgIpc) is 3.19. The first-order chi connectivity index (χ1) is 12.3. The molecule has 4 rings (SSSR count). The summed E-state index contributed by atoms with van der Waals surface area (Å²) in [5.74, 6) is 0.985. The fourth-order valence-electron chi connectivity index (χ4n) is 3.34. The number of carbonyl (C=O) groups excluding carboxylic acids is 1. The van der Waals surface area contributed by atoms with Gasteiger partial charge < -0.3 is 18.9 Å². The highest BCUT2D eigenvalue weighted by Crippen LogP contribution is 2.32. The highest BCUT2D eigenvalue weighted by molar-refractivity contribution is 5.81. The number of benzene rings is 1. The summed E-state index contributed by atoms with van der Waals surface area (Å²) in [6, 6.07) is 9.48. The van der Waals surface area contributed by atoms with E-state index in [1.54, 1.807) is 0 Å². The summed E-state index contributed by atoms with van der Waals surface area (Å²) in [6.45, 7) is 1.97. The number of likely N-dealkylation sites (tertiary alicyclic amines) is 1. The fraction of sp³-hybridized carbons (Fsp3) is 0.500. The highest BCUT2D eigenvalue weighted by atomic mass is 16.6. The van der Waals surface area contributed by atoms with E-state index >= 15 is 0 Å². The first-order valence-electron chi connectivity index (χ1n) is 8.72. The summed E-state index contributed by atoms with van der Waals surface area (Å²) in [6.07, 6.45) is 2.27. The van der Waals surface area contributed by atoms with Gasteiger partial charge in [-0.3, -0.25) is 4.79 Å². The zero-order valence-corrected chi connectivity index (χ0v) is 14.0. The molecule has 1 aromatic carbocycles. The second-order valence-electron chi connectivity index (χ2n) is 6.30. The minimum Gasteiger partial charge on any atom is -0.376 e. The van der Waals surface area contributed by atoms with Crippen molar-refractivity contribution in [2.24, 2.45) is 0 Å². The van der Waals surface area contributed by atoms with E-state index in [0.717, 1.165) is 24.8 Å². The van der Waals surface area contributed by atoms with Crippen molar-refractivity contribution in [1.29, 1.82) is 0 Å². The van der Waals surface area contributed by atoms with Crippen LogP contribution in [0, 0.1) is 0 Å². The van der Waals surface area contributed by atoms with Crippen LogP contribution in [0.5, 0.6) is 0 Å². The van der Waals surface area contributed by atoms with Crippen LogP contribution in [0.2, 0.25) is 0 Å². The smallest absolute Gasteiger partial charge is 0.254 e. The molecule has 3 heterocycles. The summed E-state index contributed by atoms with van der Waals surface area (Å²) in [4.78, 5) is 19.2. The quantitative estimate of drug-likeness (QED) is 0.850. The molecule has 1 aromatic heterocycles. The number of rotatable bonds is 3. The van der Waals surface area contributed by atoms with Crippen LogP contribution >= 0.6 is 0 Å². The SMILES string of the molecule is O=C([C@@H]1COCCO1)N1CCCC[C@H]1c1nc(-c2ccccc2)no1. The van der Waals surface area contributed by atoms with E-state index < -0.39 is 6.10 Å². The van der Waals surface area contributed by atoms with Crippen molar-refractivity contribution in [3.8, 4) is 11.4 Å². The Morgan fingerprint density at radius 2 is 2.04 bits per heavy atom. The summed E-state index contributed by atoms with van der Waals surface area (Å²) in [7, 11) is 0. The fourth-order valence-corrected chi connectivity index (χ4v) is 3.34. The van der Waals surface area contributed by atoms with Crippen molar-refractivity contribution in [3.63, 3.8) is 0 Å². The van der Waals surface area contributed by atoms with Crippen LogP contribution in [0.4, 0.5) is 0 Å². The maximum atomic E-state index is 12.8. The Kier molecular flexibility index (Phi) is 4.76. The van der Waals surface area contributed by atoms with Gasteiger partial charge >= 0.3 is 0 Å². The number of hydrogen-bond donors (Lipinski definition) is 0. The average molecular weight is 343 g/mol. The largest absolute Gasteiger partial charge is 0.376 e. The van der Waals surface area contributed by atoms with Crippen molar-refractivity contribution < 1.29 is 18.8 Å². The van der Waals surface area contributed by atoms with Gasteiger partial charge in [-0.1, -0.05) is 35.5 Å². The van der Waals surface area contributed by atoms with E-state index in [0.29, 0.717) is 38.1 Å². The lowest BCUT2D eigenvalue weighted by atomic mass is 10.0. The first kappa shape index (κ1) is 16.2. The zero-order chi connectivity index (χ0) is 17.1. The second-order valence-corrected chi connectivity index (χ2v) is 6.30. The van der Waals surface area contributed by atoms with E-state index in [9.17, 15) is 4.79 Å². The molecule has 0 saturated carbocycles. The third-order valence-corrected chi connectivity index (χ3v) is 4.64. The van der Waals surface area contributed by atoms with Gasteiger partial charge in [-0.05, 0) is 19.3 Å². The van der Waals surface area contributed by atoms with Crippen molar-refractivity contribution in [1.82, 2.24) is 15.0 Å². The topological polar surface area (TPSA) is 77.7 Å². The van der Waals surface area contributed by atoms with Crippen molar-refractivity contribution in [3.05, 3.63) is 36.2 Å². The van der Waals surface area contributed by atoms with Crippen LogP contribution in [0.1, 0.15) is 31.2 Å². The summed E-state index contributed by atoms with van der Waals surface area (Å²) in [5.41, 5.74) is 0.898. The standard InChI is InChI=1S/C18H21N3O4/c22-18(15-12-23-10-11-24-15)21-9-5-4-8-14(21)17-19-16(20-25-17)13-6-2-1-3-7-13/h1-3,6-7,14-15H,4-5,8-12H2/t14-,15-/m0/s1. The number of nitrogens with zero attached hydrogens (tertiary/aromatic N) is 3. The molecule has 2 saturated heterocycles. The summed E-state index contributed by atoms with van der Waals surface area (Å²) < 4.78 is 16.4.